The zero-order chi connectivity index (χ0) is 24.8. The predicted octanol–water partition coefficient (Wildman–Crippen LogP) is 4.09. The zero-order valence-corrected chi connectivity index (χ0v) is 21.4. The summed E-state index contributed by atoms with van der Waals surface area (Å²) in [5.41, 5.74) is 0.987. The van der Waals surface area contributed by atoms with Crippen LogP contribution in [0.1, 0.15) is 32.8 Å². The van der Waals surface area contributed by atoms with E-state index in [0.717, 1.165) is 16.1 Å². The van der Waals surface area contributed by atoms with Crippen LogP contribution in [-0.2, 0) is 26.2 Å². The van der Waals surface area contributed by atoms with Crippen LogP contribution in [0, 0.1) is 0 Å². The Morgan fingerprint density at radius 2 is 1.61 bits per heavy atom. The molecule has 0 aromatic heterocycles. The number of anilines is 1. The van der Waals surface area contributed by atoms with E-state index in [1.165, 1.54) is 23.1 Å². The van der Waals surface area contributed by atoms with Crippen LogP contribution >= 0.6 is 23.2 Å². The smallest absolute Gasteiger partial charge is 0.244 e. The fraction of sp³-hybridized carbons (Fsp3) is 0.391. The van der Waals surface area contributed by atoms with Crippen molar-refractivity contribution in [1.29, 1.82) is 0 Å². The first-order chi connectivity index (χ1) is 15.4. The third-order valence-corrected chi connectivity index (χ3v) is 6.40. The molecule has 0 aliphatic carbocycles. The van der Waals surface area contributed by atoms with Gasteiger partial charge in [0.1, 0.15) is 12.6 Å². The molecular weight excluding hydrogens is 485 g/mol. The molecule has 0 radical (unpaired) electrons. The molecule has 2 aromatic carbocycles. The molecule has 0 bridgehead atoms. The fourth-order valence-electron chi connectivity index (χ4n) is 3.38. The Morgan fingerprint density at radius 3 is 2.09 bits per heavy atom. The number of hydrogen-bond donors (Lipinski definition) is 1. The van der Waals surface area contributed by atoms with E-state index in [9.17, 15) is 18.0 Å². The topological polar surface area (TPSA) is 86.8 Å². The predicted molar refractivity (Wildman–Crippen MR) is 133 cm³/mol. The minimum Gasteiger partial charge on any atom is -0.352 e. The van der Waals surface area contributed by atoms with Gasteiger partial charge in [0, 0.05) is 22.6 Å². The SMILES string of the molecule is CCC(C(=O)NC(C)C)N(Cc1ccccc1)C(=O)CN(c1cc(Cl)cc(Cl)c1)S(C)(=O)=O. The Balaban J connectivity index is 2.45. The number of halogens is 2. The van der Waals surface area contributed by atoms with Gasteiger partial charge in [0.2, 0.25) is 21.8 Å². The monoisotopic (exact) mass is 513 g/mol. The highest BCUT2D eigenvalue weighted by atomic mass is 35.5. The van der Waals surface area contributed by atoms with Crippen molar-refractivity contribution in [2.24, 2.45) is 0 Å². The van der Waals surface area contributed by atoms with Gasteiger partial charge in [-0.25, -0.2) is 8.42 Å². The van der Waals surface area contributed by atoms with Crippen LogP contribution in [-0.4, -0.2) is 50.0 Å². The molecular formula is C23H29Cl2N3O4S. The molecule has 7 nitrogen and oxygen atoms in total. The van der Waals surface area contributed by atoms with Gasteiger partial charge in [-0.2, -0.15) is 0 Å². The summed E-state index contributed by atoms with van der Waals surface area (Å²) in [6.07, 6.45) is 1.36. The van der Waals surface area contributed by atoms with Gasteiger partial charge < -0.3 is 10.2 Å². The third-order valence-electron chi connectivity index (χ3n) is 4.83. The molecule has 180 valence electrons. The first-order valence-corrected chi connectivity index (χ1v) is 13.1. The van der Waals surface area contributed by atoms with Crippen molar-refractivity contribution >= 4 is 50.7 Å². The van der Waals surface area contributed by atoms with Gasteiger partial charge in [0.15, 0.2) is 0 Å². The first kappa shape index (κ1) is 27.0. The Morgan fingerprint density at radius 1 is 1.03 bits per heavy atom. The Labute approximate surface area is 205 Å². The number of nitrogens with zero attached hydrogens (tertiary/aromatic N) is 2. The van der Waals surface area contributed by atoms with Crippen LogP contribution in [0.25, 0.3) is 0 Å². The number of sulfonamides is 1. The highest BCUT2D eigenvalue weighted by Gasteiger charge is 2.32. The Hall–Kier alpha value is -2.29. The van der Waals surface area contributed by atoms with Crippen molar-refractivity contribution in [2.45, 2.75) is 45.8 Å². The van der Waals surface area contributed by atoms with Crippen molar-refractivity contribution in [3.05, 3.63) is 64.1 Å². The highest BCUT2D eigenvalue weighted by Crippen LogP contribution is 2.27. The fourth-order valence-corrected chi connectivity index (χ4v) is 4.73. The van der Waals surface area contributed by atoms with Crippen LogP contribution in [0.15, 0.2) is 48.5 Å². The number of amides is 2. The van der Waals surface area contributed by atoms with Crippen LogP contribution < -0.4 is 9.62 Å². The molecule has 0 aliphatic heterocycles. The average Bonchev–Trinajstić information content (AvgIpc) is 2.70. The van der Waals surface area contributed by atoms with Gasteiger partial charge >= 0.3 is 0 Å². The summed E-state index contributed by atoms with van der Waals surface area (Å²) in [5.74, 6) is -0.820. The van der Waals surface area contributed by atoms with E-state index in [4.69, 9.17) is 23.2 Å². The van der Waals surface area contributed by atoms with E-state index >= 15 is 0 Å². The number of nitrogens with one attached hydrogen (secondary N) is 1. The number of carbonyl (C=O) groups excluding carboxylic acids is 2. The Bertz CT molecular complexity index is 1060. The van der Waals surface area contributed by atoms with E-state index in [2.05, 4.69) is 5.32 Å². The van der Waals surface area contributed by atoms with Crippen LogP contribution in [0.5, 0.6) is 0 Å². The Kier molecular flexibility index (Phi) is 9.57. The summed E-state index contributed by atoms with van der Waals surface area (Å²) in [5, 5.41) is 3.32. The van der Waals surface area contributed by atoms with Gasteiger partial charge in [0.05, 0.1) is 11.9 Å². The highest BCUT2D eigenvalue weighted by molar-refractivity contribution is 7.92. The lowest BCUT2D eigenvalue weighted by Crippen LogP contribution is -2.53. The number of carbonyl (C=O) groups is 2. The maximum absolute atomic E-state index is 13.5. The van der Waals surface area contributed by atoms with Gasteiger partial charge in [-0.05, 0) is 44.0 Å². The summed E-state index contributed by atoms with van der Waals surface area (Å²) < 4.78 is 26.1. The van der Waals surface area contributed by atoms with E-state index in [1.54, 1.807) is 6.92 Å². The van der Waals surface area contributed by atoms with E-state index < -0.39 is 28.5 Å². The number of hydrogen-bond acceptors (Lipinski definition) is 4. The second-order valence-corrected chi connectivity index (χ2v) is 10.8. The first-order valence-electron chi connectivity index (χ1n) is 10.5. The average molecular weight is 514 g/mol. The van der Waals surface area contributed by atoms with Crippen LogP contribution in [0.4, 0.5) is 5.69 Å². The summed E-state index contributed by atoms with van der Waals surface area (Å²) >= 11 is 12.1. The van der Waals surface area contributed by atoms with E-state index in [1.807, 2.05) is 44.2 Å². The van der Waals surface area contributed by atoms with Gasteiger partial charge in [-0.1, -0.05) is 60.5 Å². The molecule has 0 aliphatic rings. The van der Waals surface area contributed by atoms with Crippen molar-refractivity contribution in [3.8, 4) is 0 Å². The second-order valence-electron chi connectivity index (χ2n) is 7.99. The van der Waals surface area contributed by atoms with E-state index in [-0.39, 0.29) is 34.2 Å². The van der Waals surface area contributed by atoms with Crippen molar-refractivity contribution in [3.63, 3.8) is 0 Å². The van der Waals surface area contributed by atoms with Crippen LogP contribution in [0.3, 0.4) is 0 Å². The lowest BCUT2D eigenvalue weighted by atomic mass is 10.1. The molecule has 0 saturated carbocycles. The van der Waals surface area contributed by atoms with E-state index in [0.29, 0.717) is 6.42 Å². The summed E-state index contributed by atoms with van der Waals surface area (Å²) in [4.78, 5) is 27.8. The van der Waals surface area contributed by atoms with Crippen molar-refractivity contribution in [1.82, 2.24) is 10.2 Å². The maximum atomic E-state index is 13.5. The largest absolute Gasteiger partial charge is 0.352 e. The normalized spacial score (nSPS) is 12.3. The van der Waals surface area contributed by atoms with Gasteiger partial charge in [0.25, 0.3) is 0 Å². The minimum atomic E-state index is -3.86. The molecule has 0 saturated heterocycles. The third kappa shape index (κ3) is 7.91. The molecule has 1 atom stereocenters. The standard InChI is InChI=1S/C23H29Cl2N3O4S/c1-5-21(23(30)26-16(2)3)27(14-17-9-7-6-8-10-17)22(29)15-28(33(4,31)32)20-12-18(24)11-19(25)13-20/h6-13,16,21H,5,14-15H2,1-4H3,(H,26,30). The van der Waals surface area contributed by atoms with Gasteiger partial charge in [-0.3, -0.25) is 13.9 Å². The molecule has 0 heterocycles. The lowest BCUT2D eigenvalue weighted by Gasteiger charge is -2.33. The summed E-state index contributed by atoms with van der Waals surface area (Å²) in [7, 11) is -3.86. The molecule has 2 amide bonds. The lowest BCUT2D eigenvalue weighted by molar-refractivity contribution is -0.140. The quantitative estimate of drug-likeness (QED) is 0.518. The van der Waals surface area contributed by atoms with Gasteiger partial charge in [-0.15, -0.1) is 0 Å². The molecule has 2 aromatic rings. The maximum Gasteiger partial charge on any atom is 0.244 e. The van der Waals surface area contributed by atoms with Crippen LogP contribution in [0.2, 0.25) is 10.0 Å². The molecule has 2 rings (SSSR count). The molecule has 0 fully saturated rings. The molecule has 10 heteroatoms. The van der Waals surface area contributed by atoms with Crippen molar-refractivity contribution in [2.75, 3.05) is 17.1 Å². The molecule has 1 unspecified atom stereocenters. The molecule has 0 spiro atoms. The summed E-state index contributed by atoms with van der Waals surface area (Å²) in [6.45, 7) is 5.12. The summed E-state index contributed by atoms with van der Waals surface area (Å²) in [6, 6.07) is 12.7. The van der Waals surface area contributed by atoms with Crippen molar-refractivity contribution < 1.29 is 18.0 Å². The second kappa shape index (κ2) is 11.7. The number of rotatable bonds is 10. The minimum absolute atomic E-state index is 0.110. The zero-order valence-electron chi connectivity index (χ0n) is 19.1. The number of benzene rings is 2. The molecule has 1 N–H and O–H groups in total. The molecule has 33 heavy (non-hydrogen) atoms.